The van der Waals surface area contributed by atoms with Gasteiger partial charge in [0.15, 0.2) is 0 Å². The van der Waals surface area contributed by atoms with Crippen molar-refractivity contribution in [3.05, 3.63) is 35.4 Å². The highest BCUT2D eigenvalue weighted by molar-refractivity contribution is 7.86. The van der Waals surface area contributed by atoms with Gasteiger partial charge in [-0.1, -0.05) is 31.9 Å². The van der Waals surface area contributed by atoms with Crippen molar-refractivity contribution in [2.24, 2.45) is 0 Å². The summed E-state index contributed by atoms with van der Waals surface area (Å²) >= 11 is 0. The fraction of sp³-hybridized carbons (Fsp3) is 0.632. The van der Waals surface area contributed by atoms with E-state index >= 15 is 0 Å². The number of aryl methyl sites for hydroxylation is 1. The predicted molar refractivity (Wildman–Crippen MR) is 102 cm³/mol. The van der Waals surface area contributed by atoms with E-state index in [1.54, 1.807) is 13.5 Å². The van der Waals surface area contributed by atoms with Crippen molar-refractivity contribution >= 4 is 16.1 Å². The van der Waals surface area contributed by atoms with E-state index in [4.69, 9.17) is 0 Å². The molecule has 6 nitrogen and oxygen atoms in total. The Morgan fingerprint density at radius 1 is 0.846 bits per heavy atom. The molecule has 0 saturated carbocycles. The summed E-state index contributed by atoms with van der Waals surface area (Å²) in [5, 5.41) is 0. The molecule has 144 valence electrons. The highest BCUT2D eigenvalue weighted by Gasteiger charge is 2.33. The van der Waals surface area contributed by atoms with Crippen LogP contribution in [0.15, 0.2) is 24.3 Å². The topological polar surface area (TPSA) is 60.9 Å². The van der Waals surface area contributed by atoms with Gasteiger partial charge in [-0.15, -0.1) is 0 Å². The molecule has 0 radical (unpaired) electrons. The molecule has 2 saturated heterocycles. The summed E-state index contributed by atoms with van der Waals surface area (Å²) in [4.78, 5) is 14.4. The second-order valence-electron chi connectivity index (χ2n) is 7.06. The normalized spacial score (nSPS) is 20.7. The number of piperazine rings is 1. The van der Waals surface area contributed by atoms with Crippen LogP contribution in [0.3, 0.4) is 0 Å². The van der Waals surface area contributed by atoms with Crippen LogP contribution in [0.4, 0.5) is 0 Å². The zero-order valence-corrected chi connectivity index (χ0v) is 16.4. The fourth-order valence-corrected chi connectivity index (χ4v) is 5.29. The molecular weight excluding hydrogens is 350 g/mol. The molecule has 2 aliphatic rings. The first-order valence-corrected chi connectivity index (χ1v) is 11.1. The molecule has 2 aliphatic heterocycles. The van der Waals surface area contributed by atoms with Crippen molar-refractivity contribution in [3.63, 3.8) is 0 Å². The smallest absolute Gasteiger partial charge is 0.282 e. The first kappa shape index (κ1) is 19.3. The first-order valence-electron chi connectivity index (χ1n) is 9.66. The Balaban J connectivity index is 1.60. The maximum Gasteiger partial charge on any atom is 0.282 e. The second kappa shape index (κ2) is 8.50. The molecule has 2 heterocycles. The summed E-state index contributed by atoms with van der Waals surface area (Å²) in [7, 11) is -3.40. The average molecular weight is 380 g/mol. The van der Waals surface area contributed by atoms with Gasteiger partial charge in [0.05, 0.1) is 0 Å². The molecule has 0 unspecified atom stereocenters. The Morgan fingerprint density at radius 3 is 1.92 bits per heavy atom. The number of carbonyl (C=O) groups is 1. The maximum absolute atomic E-state index is 12.9. The maximum atomic E-state index is 12.9. The van der Waals surface area contributed by atoms with Crippen LogP contribution in [0.2, 0.25) is 0 Å². The molecule has 0 bridgehead atoms. The van der Waals surface area contributed by atoms with Gasteiger partial charge in [0.2, 0.25) is 0 Å². The van der Waals surface area contributed by atoms with Gasteiger partial charge in [0.25, 0.3) is 16.1 Å². The van der Waals surface area contributed by atoms with Crippen LogP contribution in [0.25, 0.3) is 0 Å². The van der Waals surface area contributed by atoms with E-state index in [9.17, 15) is 13.2 Å². The van der Waals surface area contributed by atoms with Gasteiger partial charge in [0.1, 0.15) is 0 Å². The molecule has 7 heteroatoms. The van der Waals surface area contributed by atoms with Gasteiger partial charge in [-0.25, -0.2) is 0 Å². The van der Waals surface area contributed by atoms with Gasteiger partial charge in [-0.3, -0.25) is 4.79 Å². The third-order valence-electron chi connectivity index (χ3n) is 5.35. The Morgan fingerprint density at radius 2 is 1.38 bits per heavy atom. The predicted octanol–water partition coefficient (Wildman–Crippen LogP) is 2.13. The van der Waals surface area contributed by atoms with Crippen molar-refractivity contribution in [2.45, 2.75) is 39.0 Å². The highest BCUT2D eigenvalue weighted by Crippen LogP contribution is 2.19. The summed E-state index contributed by atoms with van der Waals surface area (Å²) in [5.41, 5.74) is 1.88. The Bertz CT molecular complexity index is 702. The average Bonchev–Trinajstić information content (AvgIpc) is 2.98. The zero-order valence-electron chi connectivity index (χ0n) is 15.6. The van der Waals surface area contributed by atoms with Crippen LogP contribution in [-0.4, -0.2) is 67.1 Å². The number of hydrogen-bond acceptors (Lipinski definition) is 3. The molecule has 0 spiro atoms. The van der Waals surface area contributed by atoms with E-state index in [0.29, 0.717) is 44.8 Å². The Hall–Kier alpha value is -1.44. The van der Waals surface area contributed by atoms with Crippen molar-refractivity contribution in [1.29, 1.82) is 0 Å². The van der Waals surface area contributed by atoms with E-state index in [0.717, 1.165) is 32.1 Å². The minimum absolute atomic E-state index is 0.0144. The number of amides is 1. The number of benzene rings is 1. The van der Waals surface area contributed by atoms with E-state index < -0.39 is 10.2 Å². The number of hydrogen-bond donors (Lipinski definition) is 0. The molecular formula is C19H29N3O3S. The van der Waals surface area contributed by atoms with E-state index in [1.165, 1.54) is 5.56 Å². The van der Waals surface area contributed by atoms with Crippen LogP contribution >= 0.6 is 0 Å². The Labute approximate surface area is 157 Å². The third-order valence-corrected chi connectivity index (χ3v) is 7.39. The summed E-state index contributed by atoms with van der Waals surface area (Å²) in [6, 6.07) is 7.68. The molecule has 1 aromatic rings. The molecule has 0 aliphatic carbocycles. The van der Waals surface area contributed by atoms with Gasteiger partial charge in [-0.05, 0) is 37.0 Å². The Kier molecular flexibility index (Phi) is 6.32. The largest absolute Gasteiger partial charge is 0.336 e. The minimum atomic E-state index is -3.40. The van der Waals surface area contributed by atoms with E-state index in [2.05, 4.69) is 6.92 Å². The lowest BCUT2D eigenvalue weighted by Gasteiger charge is -2.36. The first-order chi connectivity index (χ1) is 12.5. The molecule has 1 amide bonds. The van der Waals surface area contributed by atoms with Crippen LogP contribution in [0.1, 0.15) is 48.5 Å². The molecule has 1 aromatic carbocycles. The van der Waals surface area contributed by atoms with E-state index in [-0.39, 0.29) is 5.91 Å². The SMILES string of the molecule is CCc1ccc(C(=O)N2CCN(S(=O)(=O)N3CCCCCC3)CC2)cc1. The number of carbonyl (C=O) groups excluding carboxylic acids is 1. The van der Waals surface area contributed by atoms with Crippen LogP contribution in [0, 0.1) is 0 Å². The van der Waals surface area contributed by atoms with Crippen LogP contribution in [0.5, 0.6) is 0 Å². The summed E-state index contributed by atoms with van der Waals surface area (Å²) in [6.45, 7) is 4.95. The van der Waals surface area contributed by atoms with Crippen LogP contribution < -0.4 is 0 Å². The standard InChI is InChI=1S/C19H29N3O3S/c1-2-17-7-9-18(10-8-17)19(23)20-13-15-22(16-14-20)26(24,25)21-11-5-3-4-6-12-21/h7-10H,2-6,11-16H2,1H3. The van der Waals surface area contributed by atoms with Crippen molar-refractivity contribution in [3.8, 4) is 0 Å². The number of rotatable bonds is 4. The summed E-state index contributed by atoms with van der Waals surface area (Å²) in [6.07, 6.45) is 5.02. The van der Waals surface area contributed by atoms with Gasteiger partial charge in [0, 0.05) is 44.8 Å². The quantitative estimate of drug-likeness (QED) is 0.805. The van der Waals surface area contributed by atoms with Gasteiger partial charge in [-0.2, -0.15) is 17.0 Å². The van der Waals surface area contributed by atoms with Gasteiger partial charge < -0.3 is 4.90 Å². The molecule has 0 aromatic heterocycles. The monoisotopic (exact) mass is 379 g/mol. The van der Waals surface area contributed by atoms with Crippen molar-refractivity contribution in [2.75, 3.05) is 39.3 Å². The molecule has 2 fully saturated rings. The molecule has 0 N–H and O–H groups in total. The summed E-state index contributed by atoms with van der Waals surface area (Å²) < 4.78 is 28.9. The second-order valence-corrected chi connectivity index (χ2v) is 8.99. The van der Waals surface area contributed by atoms with Crippen molar-refractivity contribution < 1.29 is 13.2 Å². The summed E-state index contributed by atoms with van der Waals surface area (Å²) in [5.74, 6) is -0.0144. The lowest BCUT2D eigenvalue weighted by atomic mass is 10.1. The van der Waals surface area contributed by atoms with Crippen LogP contribution in [-0.2, 0) is 16.6 Å². The third kappa shape index (κ3) is 4.27. The minimum Gasteiger partial charge on any atom is -0.336 e. The number of nitrogens with zero attached hydrogens (tertiary/aromatic N) is 3. The molecule has 0 atom stereocenters. The molecule has 26 heavy (non-hydrogen) atoms. The van der Waals surface area contributed by atoms with E-state index in [1.807, 2.05) is 24.3 Å². The van der Waals surface area contributed by atoms with Gasteiger partial charge >= 0.3 is 0 Å². The zero-order chi connectivity index (χ0) is 18.6. The lowest BCUT2D eigenvalue weighted by molar-refractivity contribution is 0.0694. The van der Waals surface area contributed by atoms with Crippen molar-refractivity contribution in [1.82, 2.24) is 13.5 Å². The highest BCUT2D eigenvalue weighted by atomic mass is 32.2. The lowest BCUT2D eigenvalue weighted by Crippen LogP contribution is -2.54. The molecule has 3 rings (SSSR count). The fourth-order valence-electron chi connectivity index (χ4n) is 3.62.